The lowest BCUT2D eigenvalue weighted by molar-refractivity contribution is 0.980. The van der Waals surface area contributed by atoms with E-state index in [1.807, 2.05) is 54.6 Å². The van der Waals surface area contributed by atoms with E-state index in [1.165, 1.54) is 5.56 Å². The van der Waals surface area contributed by atoms with Crippen molar-refractivity contribution in [2.45, 2.75) is 6.04 Å². The van der Waals surface area contributed by atoms with Gasteiger partial charge in [-0.05, 0) is 23.8 Å². The number of benzene rings is 2. The predicted molar refractivity (Wildman–Crippen MR) is 77.1 cm³/mol. The number of nitrogens with one attached hydrogen (secondary N) is 1. The summed E-state index contributed by atoms with van der Waals surface area (Å²) in [6.45, 7) is 3.89. The average molecular weight is 288 g/mol. The van der Waals surface area contributed by atoms with E-state index in [1.54, 1.807) is 0 Å². The molecule has 0 saturated carbocycles. The van der Waals surface area contributed by atoms with Crippen molar-refractivity contribution < 1.29 is 0 Å². The summed E-state index contributed by atoms with van der Waals surface area (Å²) >= 11 is 3.56. The number of halogens is 1. The van der Waals surface area contributed by atoms with Crippen LogP contribution < -0.4 is 5.32 Å². The molecular weight excluding hydrogens is 274 g/mol. The van der Waals surface area contributed by atoms with E-state index in [0.717, 1.165) is 10.2 Å². The summed E-state index contributed by atoms with van der Waals surface area (Å²) in [4.78, 5) is 0. The Balaban J connectivity index is 2.24. The average Bonchev–Trinajstić information content (AvgIpc) is 2.38. The Morgan fingerprint density at radius 2 is 1.65 bits per heavy atom. The lowest BCUT2D eigenvalue weighted by Gasteiger charge is -2.17. The first-order chi connectivity index (χ1) is 8.31. The molecule has 0 aliphatic carbocycles. The molecule has 2 aromatic carbocycles. The van der Waals surface area contributed by atoms with Crippen molar-refractivity contribution in [2.75, 3.05) is 5.32 Å². The van der Waals surface area contributed by atoms with Gasteiger partial charge >= 0.3 is 0 Å². The Hall–Kier alpha value is -1.54. The third-order valence-electron chi connectivity index (χ3n) is 2.57. The van der Waals surface area contributed by atoms with Gasteiger partial charge in [-0.15, -0.1) is 6.58 Å². The van der Waals surface area contributed by atoms with Gasteiger partial charge in [-0.3, -0.25) is 0 Å². The van der Waals surface area contributed by atoms with Gasteiger partial charge in [-0.2, -0.15) is 0 Å². The molecule has 1 unspecified atom stereocenters. The van der Waals surface area contributed by atoms with Crippen LogP contribution in [0.5, 0.6) is 0 Å². The van der Waals surface area contributed by atoms with Gasteiger partial charge in [0.1, 0.15) is 0 Å². The first-order valence-electron chi connectivity index (χ1n) is 5.50. The van der Waals surface area contributed by atoms with E-state index >= 15 is 0 Å². The Kier molecular flexibility index (Phi) is 3.99. The van der Waals surface area contributed by atoms with Crippen LogP contribution in [0.2, 0.25) is 0 Å². The maximum Gasteiger partial charge on any atom is 0.0706 e. The molecule has 1 atom stereocenters. The molecule has 2 rings (SSSR count). The molecule has 0 bridgehead atoms. The van der Waals surface area contributed by atoms with Crippen LogP contribution in [0, 0.1) is 0 Å². The van der Waals surface area contributed by atoms with Crippen LogP contribution in [0.25, 0.3) is 0 Å². The highest BCUT2D eigenvalue weighted by Gasteiger charge is 2.09. The highest BCUT2D eigenvalue weighted by Crippen LogP contribution is 2.26. The lowest BCUT2D eigenvalue weighted by atomic mass is 10.1. The summed E-state index contributed by atoms with van der Waals surface area (Å²) in [5, 5.41) is 3.44. The molecule has 0 aliphatic heterocycles. The van der Waals surface area contributed by atoms with Crippen LogP contribution in [-0.2, 0) is 0 Å². The Bertz CT molecular complexity index is 493. The van der Waals surface area contributed by atoms with Crippen LogP contribution in [-0.4, -0.2) is 0 Å². The summed E-state index contributed by atoms with van der Waals surface area (Å²) in [7, 11) is 0. The van der Waals surface area contributed by atoms with E-state index in [9.17, 15) is 0 Å². The molecular formula is C15H14BrN. The summed E-state index contributed by atoms with van der Waals surface area (Å²) in [6.07, 6.45) is 1.91. The van der Waals surface area contributed by atoms with Crippen molar-refractivity contribution in [1.82, 2.24) is 0 Å². The fourth-order valence-electron chi connectivity index (χ4n) is 1.70. The third-order valence-corrected chi connectivity index (χ3v) is 3.29. The van der Waals surface area contributed by atoms with Crippen molar-refractivity contribution in [3.63, 3.8) is 0 Å². The zero-order chi connectivity index (χ0) is 12.1. The highest BCUT2D eigenvalue weighted by molar-refractivity contribution is 9.10. The minimum atomic E-state index is 0.105. The van der Waals surface area contributed by atoms with Gasteiger partial charge < -0.3 is 5.32 Å². The standard InChI is InChI=1S/C15H14BrN/c1-2-15(13-10-6-7-11-14(13)16)17-12-8-4-3-5-9-12/h2-11,15,17H,1H2. The summed E-state index contributed by atoms with van der Waals surface area (Å²) in [6, 6.07) is 18.4. The number of hydrogen-bond donors (Lipinski definition) is 1. The fourth-order valence-corrected chi connectivity index (χ4v) is 2.24. The molecule has 0 fully saturated rings. The molecule has 1 N–H and O–H groups in total. The number of hydrogen-bond acceptors (Lipinski definition) is 1. The second-order valence-corrected chi connectivity index (χ2v) is 4.60. The minimum absolute atomic E-state index is 0.105. The molecule has 1 nitrogen and oxygen atoms in total. The Labute approximate surface area is 110 Å². The van der Waals surface area contributed by atoms with Gasteiger partial charge in [0.15, 0.2) is 0 Å². The number of rotatable bonds is 4. The van der Waals surface area contributed by atoms with E-state index in [-0.39, 0.29) is 6.04 Å². The molecule has 86 valence electrons. The fraction of sp³-hybridized carbons (Fsp3) is 0.0667. The maximum atomic E-state index is 3.89. The Morgan fingerprint density at radius 1 is 1.00 bits per heavy atom. The monoisotopic (exact) mass is 287 g/mol. The molecule has 0 aromatic heterocycles. The quantitative estimate of drug-likeness (QED) is 0.798. The topological polar surface area (TPSA) is 12.0 Å². The zero-order valence-corrected chi connectivity index (χ0v) is 11.0. The summed E-state index contributed by atoms with van der Waals surface area (Å²) in [5.41, 5.74) is 2.28. The largest absolute Gasteiger partial charge is 0.375 e. The van der Waals surface area contributed by atoms with Crippen LogP contribution >= 0.6 is 15.9 Å². The van der Waals surface area contributed by atoms with E-state index < -0.39 is 0 Å². The van der Waals surface area contributed by atoms with Gasteiger partial charge in [0.2, 0.25) is 0 Å². The van der Waals surface area contributed by atoms with Gasteiger partial charge in [0.05, 0.1) is 6.04 Å². The molecule has 0 radical (unpaired) electrons. The van der Waals surface area contributed by atoms with Crippen molar-refractivity contribution in [3.05, 3.63) is 77.3 Å². The number of para-hydroxylation sites is 1. The normalized spacial score (nSPS) is 11.8. The van der Waals surface area contributed by atoms with Crippen LogP contribution in [0.3, 0.4) is 0 Å². The van der Waals surface area contributed by atoms with Crippen molar-refractivity contribution >= 4 is 21.6 Å². The second kappa shape index (κ2) is 5.69. The van der Waals surface area contributed by atoms with Crippen molar-refractivity contribution in [3.8, 4) is 0 Å². The first-order valence-corrected chi connectivity index (χ1v) is 6.29. The zero-order valence-electron chi connectivity index (χ0n) is 9.44. The molecule has 0 aliphatic rings. The van der Waals surface area contributed by atoms with Crippen molar-refractivity contribution in [1.29, 1.82) is 0 Å². The second-order valence-electron chi connectivity index (χ2n) is 3.75. The van der Waals surface area contributed by atoms with Gasteiger partial charge in [-0.1, -0.05) is 58.4 Å². The molecule has 2 aromatic rings. The first kappa shape index (κ1) is 11.9. The summed E-state index contributed by atoms with van der Waals surface area (Å²) < 4.78 is 1.09. The molecule has 2 heteroatoms. The van der Waals surface area contributed by atoms with Gasteiger partial charge in [0.25, 0.3) is 0 Å². The van der Waals surface area contributed by atoms with Crippen LogP contribution in [0.15, 0.2) is 71.7 Å². The van der Waals surface area contributed by atoms with Crippen LogP contribution in [0.1, 0.15) is 11.6 Å². The number of anilines is 1. The molecule has 0 heterocycles. The molecule has 0 amide bonds. The SMILES string of the molecule is C=CC(Nc1ccccc1)c1ccccc1Br. The van der Waals surface area contributed by atoms with Gasteiger partial charge in [-0.25, -0.2) is 0 Å². The lowest BCUT2D eigenvalue weighted by Crippen LogP contribution is -2.08. The van der Waals surface area contributed by atoms with E-state index in [0.29, 0.717) is 0 Å². The molecule has 0 spiro atoms. The van der Waals surface area contributed by atoms with E-state index in [2.05, 4.69) is 33.9 Å². The predicted octanol–water partition coefficient (Wildman–Crippen LogP) is 4.79. The maximum absolute atomic E-state index is 3.89. The summed E-state index contributed by atoms with van der Waals surface area (Å²) in [5.74, 6) is 0. The molecule has 17 heavy (non-hydrogen) atoms. The highest BCUT2D eigenvalue weighted by atomic mass is 79.9. The van der Waals surface area contributed by atoms with E-state index in [4.69, 9.17) is 0 Å². The molecule has 0 saturated heterocycles. The van der Waals surface area contributed by atoms with Gasteiger partial charge in [0, 0.05) is 10.2 Å². The smallest absolute Gasteiger partial charge is 0.0706 e. The van der Waals surface area contributed by atoms with Crippen molar-refractivity contribution in [2.24, 2.45) is 0 Å². The van der Waals surface area contributed by atoms with Crippen LogP contribution in [0.4, 0.5) is 5.69 Å². The third kappa shape index (κ3) is 2.98. The Morgan fingerprint density at radius 3 is 2.29 bits per heavy atom. The minimum Gasteiger partial charge on any atom is -0.375 e.